The molecule has 0 saturated heterocycles. The number of allylic oxidation sites excluding steroid dienone is 4. The highest BCUT2D eigenvalue weighted by molar-refractivity contribution is 5.86. The monoisotopic (exact) mass is 294 g/mol. The molecule has 0 aliphatic heterocycles. The van der Waals surface area contributed by atoms with Crippen molar-refractivity contribution in [1.29, 1.82) is 0 Å². The van der Waals surface area contributed by atoms with Crippen LogP contribution in [0.4, 0.5) is 0 Å². The predicted octanol–water partition coefficient (Wildman–Crippen LogP) is 7.38. The molecule has 0 aliphatic rings. The lowest BCUT2D eigenvalue weighted by atomic mass is 9.84. The Balaban J connectivity index is 3.70. The molecule has 22 heavy (non-hydrogen) atoms. The Labute approximate surface area is 137 Å². The normalized spacial score (nSPS) is 10.4. The van der Waals surface area contributed by atoms with Crippen LogP contribution in [-0.2, 0) is 0 Å². The van der Waals surface area contributed by atoms with E-state index < -0.39 is 0 Å². The fraction of sp³-hybridized carbons (Fsp3) is 0.364. The average molecular weight is 294 g/mol. The lowest BCUT2D eigenvalue weighted by Crippen LogP contribution is -2.00. The molecule has 0 saturated carbocycles. The van der Waals surface area contributed by atoms with Crippen LogP contribution in [0, 0.1) is 0 Å². The van der Waals surface area contributed by atoms with Gasteiger partial charge in [-0.2, -0.15) is 0 Å². The van der Waals surface area contributed by atoms with Gasteiger partial charge in [0.25, 0.3) is 0 Å². The van der Waals surface area contributed by atoms with E-state index in [1.54, 1.807) is 0 Å². The molecule has 1 rings (SSSR count). The van der Waals surface area contributed by atoms with Gasteiger partial charge in [0, 0.05) is 0 Å². The van der Waals surface area contributed by atoms with E-state index in [4.69, 9.17) is 0 Å². The molecule has 1 aromatic rings. The Morgan fingerprint density at radius 1 is 0.545 bits per heavy atom. The van der Waals surface area contributed by atoms with Crippen LogP contribution in [0.2, 0.25) is 0 Å². The zero-order valence-electron chi connectivity index (χ0n) is 14.8. The molecule has 1 aromatic carbocycles. The average Bonchev–Trinajstić information content (AvgIpc) is 2.57. The SMILES string of the molecule is C=C(CC)c1cc(C(=C)CC)c(C(=C)CC)cc1C(=C)CC. The molecule has 0 spiro atoms. The highest BCUT2D eigenvalue weighted by Gasteiger charge is 2.15. The van der Waals surface area contributed by atoms with Gasteiger partial charge in [0.15, 0.2) is 0 Å². The first-order valence-corrected chi connectivity index (χ1v) is 8.31. The maximum Gasteiger partial charge on any atom is -0.0149 e. The van der Waals surface area contributed by atoms with E-state index in [1.165, 1.54) is 22.3 Å². The summed E-state index contributed by atoms with van der Waals surface area (Å²) in [5, 5.41) is 0. The fourth-order valence-electron chi connectivity index (χ4n) is 2.53. The summed E-state index contributed by atoms with van der Waals surface area (Å²) < 4.78 is 0. The third-order valence-electron chi connectivity index (χ3n) is 4.39. The topological polar surface area (TPSA) is 0 Å². The first-order chi connectivity index (χ1) is 10.4. The molecule has 0 N–H and O–H groups in total. The van der Waals surface area contributed by atoms with Gasteiger partial charge in [-0.1, -0.05) is 54.0 Å². The molecule has 0 atom stereocenters. The minimum atomic E-state index is 0.941. The van der Waals surface area contributed by atoms with E-state index in [9.17, 15) is 0 Å². The van der Waals surface area contributed by atoms with Crippen molar-refractivity contribution in [2.45, 2.75) is 53.4 Å². The van der Waals surface area contributed by atoms with Gasteiger partial charge in [0.1, 0.15) is 0 Å². The highest BCUT2D eigenvalue weighted by Crippen LogP contribution is 2.36. The van der Waals surface area contributed by atoms with Gasteiger partial charge in [-0.05, 0) is 82.4 Å². The first kappa shape index (κ1) is 18.2. The standard InChI is InChI=1S/C22H30/c1-9-15(5)19-13-21(17(7)11-3)22(18(8)12-4)14-20(19)16(6)10-2/h13-14H,5-12H2,1-4H3. The second-order valence-electron chi connectivity index (χ2n) is 5.77. The van der Waals surface area contributed by atoms with Crippen molar-refractivity contribution in [3.8, 4) is 0 Å². The van der Waals surface area contributed by atoms with E-state index in [2.05, 4.69) is 66.1 Å². The second-order valence-corrected chi connectivity index (χ2v) is 5.77. The van der Waals surface area contributed by atoms with Crippen LogP contribution >= 0.6 is 0 Å². The Bertz CT molecular complexity index is 505. The van der Waals surface area contributed by atoms with Crippen LogP contribution in [-0.4, -0.2) is 0 Å². The number of rotatable bonds is 8. The summed E-state index contributed by atoms with van der Waals surface area (Å²) in [6.07, 6.45) is 3.76. The molecule has 0 radical (unpaired) electrons. The fourth-order valence-corrected chi connectivity index (χ4v) is 2.53. The summed E-state index contributed by atoms with van der Waals surface area (Å²) in [6, 6.07) is 4.51. The summed E-state index contributed by atoms with van der Waals surface area (Å²) >= 11 is 0. The van der Waals surface area contributed by atoms with Crippen molar-refractivity contribution >= 4 is 22.3 Å². The molecule has 0 unspecified atom stereocenters. The Morgan fingerprint density at radius 3 is 0.864 bits per heavy atom. The molecule has 0 aromatic heterocycles. The third-order valence-corrected chi connectivity index (χ3v) is 4.39. The van der Waals surface area contributed by atoms with Gasteiger partial charge in [-0.3, -0.25) is 0 Å². The van der Waals surface area contributed by atoms with Gasteiger partial charge >= 0.3 is 0 Å². The molecular formula is C22H30. The second kappa shape index (κ2) is 7.98. The summed E-state index contributed by atoms with van der Waals surface area (Å²) in [4.78, 5) is 0. The first-order valence-electron chi connectivity index (χ1n) is 8.31. The third kappa shape index (κ3) is 3.68. The molecule has 0 aliphatic carbocycles. The van der Waals surface area contributed by atoms with Crippen molar-refractivity contribution in [3.05, 3.63) is 60.7 Å². The Morgan fingerprint density at radius 2 is 0.727 bits per heavy atom. The van der Waals surface area contributed by atoms with Crippen molar-refractivity contribution in [2.24, 2.45) is 0 Å². The molecular weight excluding hydrogens is 264 g/mol. The highest BCUT2D eigenvalue weighted by atomic mass is 14.2. The summed E-state index contributed by atoms with van der Waals surface area (Å²) in [6.45, 7) is 25.6. The molecule has 118 valence electrons. The predicted molar refractivity (Wildman–Crippen MR) is 104 cm³/mol. The van der Waals surface area contributed by atoms with Crippen LogP contribution in [0.15, 0.2) is 38.4 Å². The van der Waals surface area contributed by atoms with Gasteiger partial charge in [0.05, 0.1) is 0 Å². The van der Waals surface area contributed by atoms with Gasteiger partial charge in [0.2, 0.25) is 0 Å². The molecule has 0 heteroatoms. The summed E-state index contributed by atoms with van der Waals surface area (Å²) in [5.41, 5.74) is 9.48. The van der Waals surface area contributed by atoms with E-state index in [0.29, 0.717) is 0 Å². The lowest BCUT2D eigenvalue weighted by molar-refractivity contribution is 1.19. The zero-order valence-corrected chi connectivity index (χ0v) is 14.8. The quantitative estimate of drug-likeness (QED) is 0.469. The van der Waals surface area contributed by atoms with Crippen LogP contribution in [0.25, 0.3) is 22.3 Å². The number of hydrogen-bond acceptors (Lipinski definition) is 0. The maximum absolute atomic E-state index is 4.25. The van der Waals surface area contributed by atoms with Crippen LogP contribution < -0.4 is 0 Å². The number of benzene rings is 1. The van der Waals surface area contributed by atoms with E-state index >= 15 is 0 Å². The molecule has 0 fully saturated rings. The minimum absolute atomic E-state index is 0.941. The smallest absolute Gasteiger partial charge is 0.0149 e. The Kier molecular flexibility index (Phi) is 6.61. The van der Waals surface area contributed by atoms with Crippen molar-refractivity contribution in [2.75, 3.05) is 0 Å². The lowest BCUT2D eigenvalue weighted by Gasteiger charge is -2.20. The van der Waals surface area contributed by atoms with E-state index in [-0.39, 0.29) is 0 Å². The van der Waals surface area contributed by atoms with Crippen molar-refractivity contribution < 1.29 is 0 Å². The summed E-state index contributed by atoms with van der Waals surface area (Å²) in [7, 11) is 0. The molecule has 0 amide bonds. The van der Waals surface area contributed by atoms with Crippen LogP contribution in [0.5, 0.6) is 0 Å². The zero-order chi connectivity index (χ0) is 16.9. The van der Waals surface area contributed by atoms with Crippen molar-refractivity contribution in [1.82, 2.24) is 0 Å². The Hall–Kier alpha value is -1.82. The van der Waals surface area contributed by atoms with E-state index in [0.717, 1.165) is 48.0 Å². The molecule has 0 heterocycles. The van der Waals surface area contributed by atoms with Crippen molar-refractivity contribution in [3.63, 3.8) is 0 Å². The summed E-state index contributed by atoms with van der Waals surface area (Å²) in [5.74, 6) is 0. The van der Waals surface area contributed by atoms with Gasteiger partial charge < -0.3 is 0 Å². The van der Waals surface area contributed by atoms with Gasteiger partial charge in [-0.15, -0.1) is 0 Å². The van der Waals surface area contributed by atoms with E-state index in [1.807, 2.05) is 0 Å². The van der Waals surface area contributed by atoms with Crippen LogP contribution in [0.1, 0.15) is 75.6 Å². The molecule has 0 bridgehead atoms. The number of hydrogen-bond donors (Lipinski definition) is 0. The molecule has 0 nitrogen and oxygen atoms in total. The largest absolute Gasteiger partial charge is 0.0952 e. The minimum Gasteiger partial charge on any atom is -0.0952 e. The van der Waals surface area contributed by atoms with Crippen LogP contribution in [0.3, 0.4) is 0 Å². The van der Waals surface area contributed by atoms with Gasteiger partial charge in [-0.25, -0.2) is 0 Å². The maximum atomic E-state index is 4.25.